The summed E-state index contributed by atoms with van der Waals surface area (Å²) >= 11 is 0. The number of aromatic nitrogens is 1. The van der Waals surface area contributed by atoms with Gasteiger partial charge in [0.1, 0.15) is 11.6 Å². The molecule has 26 heavy (non-hydrogen) atoms. The molecule has 1 aliphatic rings. The fourth-order valence-electron chi connectivity index (χ4n) is 2.94. The van der Waals surface area contributed by atoms with Gasteiger partial charge in [0, 0.05) is 25.3 Å². The van der Waals surface area contributed by atoms with E-state index in [9.17, 15) is 9.18 Å². The Hall–Kier alpha value is -1.89. The number of carbonyl (C=O) groups excluding carboxylic acids is 1. The first-order chi connectivity index (χ1) is 11.7. The predicted octanol–water partition coefficient (Wildman–Crippen LogP) is 3.63. The third kappa shape index (κ3) is 5.06. The lowest BCUT2D eigenvalue weighted by Crippen LogP contribution is -2.47. The number of hydrogen-bond donors (Lipinski definition) is 2. The number of pyridine rings is 1. The van der Waals surface area contributed by atoms with Gasteiger partial charge in [0.25, 0.3) is 5.91 Å². The fourth-order valence-corrected chi connectivity index (χ4v) is 2.94. The molecule has 0 radical (unpaired) electrons. The topological polar surface area (TPSA) is 57.3 Å². The Labute approximate surface area is 165 Å². The van der Waals surface area contributed by atoms with Crippen molar-refractivity contribution in [3.8, 4) is 0 Å². The zero-order valence-corrected chi connectivity index (χ0v) is 16.1. The molecule has 3 rings (SSSR count). The van der Waals surface area contributed by atoms with Gasteiger partial charge in [-0.2, -0.15) is 0 Å². The molecule has 2 heterocycles. The number of halogens is 3. The first-order valence-electron chi connectivity index (χ1n) is 8.12. The van der Waals surface area contributed by atoms with Crippen LogP contribution in [0.3, 0.4) is 0 Å². The highest BCUT2D eigenvalue weighted by molar-refractivity contribution is 5.99. The molecule has 0 bridgehead atoms. The molecule has 0 aliphatic carbocycles. The summed E-state index contributed by atoms with van der Waals surface area (Å²) in [4.78, 5) is 18.9. The number of hydrogen-bond acceptors (Lipinski definition) is 4. The van der Waals surface area contributed by atoms with Crippen LogP contribution in [-0.2, 0) is 0 Å². The van der Waals surface area contributed by atoms with E-state index in [1.807, 2.05) is 11.9 Å². The lowest BCUT2D eigenvalue weighted by Gasteiger charge is -2.32. The molecule has 1 saturated heterocycles. The minimum atomic E-state index is -0.380. The third-order valence-electron chi connectivity index (χ3n) is 4.28. The summed E-state index contributed by atoms with van der Waals surface area (Å²) in [5.41, 5.74) is 0.759. The van der Waals surface area contributed by atoms with Crippen LogP contribution in [0.2, 0.25) is 0 Å². The van der Waals surface area contributed by atoms with Crippen LogP contribution in [0.15, 0.2) is 42.6 Å². The maximum absolute atomic E-state index is 13.9. The second-order valence-corrected chi connectivity index (χ2v) is 5.88. The SMILES string of the molecule is CNC1CCCN(C(=O)c2cccnc2Nc2ccccc2F)C1.Cl.Cl. The van der Waals surface area contributed by atoms with E-state index in [1.54, 1.807) is 36.5 Å². The van der Waals surface area contributed by atoms with Crippen molar-refractivity contribution in [2.24, 2.45) is 0 Å². The molecule has 1 amide bonds. The number of carbonyl (C=O) groups is 1. The molecule has 1 aromatic carbocycles. The highest BCUT2D eigenvalue weighted by Crippen LogP contribution is 2.23. The van der Waals surface area contributed by atoms with Crippen molar-refractivity contribution in [2.75, 3.05) is 25.5 Å². The molecule has 1 atom stereocenters. The van der Waals surface area contributed by atoms with Gasteiger partial charge in [0.2, 0.25) is 0 Å². The van der Waals surface area contributed by atoms with E-state index in [0.717, 1.165) is 19.4 Å². The Morgan fingerprint density at radius 1 is 1.23 bits per heavy atom. The van der Waals surface area contributed by atoms with Gasteiger partial charge >= 0.3 is 0 Å². The summed E-state index contributed by atoms with van der Waals surface area (Å²) in [5.74, 6) is -0.0872. The third-order valence-corrected chi connectivity index (χ3v) is 4.28. The maximum Gasteiger partial charge on any atom is 0.257 e. The summed E-state index contributed by atoms with van der Waals surface area (Å²) in [7, 11) is 1.91. The van der Waals surface area contributed by atoms with Crippen LogP contribution in [0.1, 0.15) is 23.2 Å². The summed E-state index contributed by atoms with van der Waals surface area (Å²) in [6.45, 7) is 1.40. The molecule has 2 N–H and O–H groups in total. The van der Waals surface area contributed by atoms with Gasteiger partial charge in [-0.3, -0.25) is 4.79 Å². The molecule has 5 nitrogen and oxygen atoms in total. The van der Waals surface area contributed by atoms with Crippen molar-refractivity contribution >= 4 is 42.2 Å². The van der Waals surface area contributed by atoms with Crippen LogP contribution < -0.4 is 10.6 Å². The molecule has 0 saturated carbocycles. The number of anilines is 2. The number of nitrogens with zero attached hydrogens (tertiary/aromatic N) is 2. The van der Waals surface area contributed by atoms with Crippen molar-refractivity contribution in [1.29, 1.82) is 0 Å². The van der Waals surface area contributed by atoms with E-state index in [4.69, 9.17) is 0 Å². The van der Waals surface area contributed by atoms with Crippen LogP contribution in [0.25, 0.3) is 0 Å². The first-order valence-corrected chi connectivity index (χ1v) is 8.12. The second-order valence-electron chi connectivity index (χ2n) is 5.88. The summed E-state index contributed by atoms with van der Waals surface area (Å²) in [6.07, 6.45) is 3.62. The maximum atomic E-state index is 13.9. The summed E-state index contributed by atoms with van der Waals surface area (Å²) in [5, 5.41) is 6.16. The minimum Gasteiger partial charge on any atom is -0.337 e. The van der Waals surface area contributed by atoms with E-state index in [1.165, 1.54) is 6.07 Å². The number of likely N-dealkylation sites (tertiary alicyclic amines) is 1. The van der Waals surface area contributed by atoms with E-state index in [0.29, 0.717) is 29.7 Å². The summed E-state index contributed by atoms with van der Waals surface area (Å²) < 4.78 is 13.9. The number of amides is 1. The van der Waals surface area contributed by atoms with Gasteiger partial charge in [0.15, 0.2) is 0 Å². The van der Waals surface area contributed by atoms with Crippen LogP contribution >= 0.6 is 24.8 Å². The van der Waals surface area contributed by atoms with Gasteiger partial charge in [-0.1, -0.05) is 12.1 Å². The van der Waals surface area contributed by atoms with Gasteiger partial charge in [0.05, 0.1) is 11.3 Å². The Balaban J connectivity index is 0.00000169. The molecular weight excluding hydrogens is 378 g/mol. The average molecular weight is 401 g/mol. The quantitative estimate of drug-likeness (QED) is 0.822. The number of piperidine rings is 1. The van der Waals surface area contributed by atoms with Gasteiger partial charge in [-0.05, 0) is 44.2 Å². The molecule has 1 unspecified atom stereocenters. The smallest absolute Gasteiger partial charge is 0.257 e. The van der Waals surface area contributed by atoms with Crippen molar-refractivity contribution in [3.63, 3.8) is 0 Å². The van der Waals surface area contributed by atoms with Gasteiger partial charge < -0.3 is 15.5 Å². The zero-order valence-electron chi connectivity index (χ0n) is 14.4. The highest BCUT2D eigenvalue weighted by atomic mass is 35.5. The van der Waals surface area contributed by atoms with E-state index in [-0.39, 0.29) is 36.5 Å². The standard InChI is InChI=1S/C18H21FN4O.2ClH/c1-20-13-6-5-11-23(12-13)18(24)14-7-4-10-21-17(14)22-16-9-3-2-8-15(16)19;;/h2-4,7-10,13,20H,5-6,11-12H2,1H3,(H,21,22);2*1H. The number of nitrogens with one attached hydrogen (secondary N) is 2. The number of para-hydroxylation sites is 1. The molecule has 1 fully saturated rings. The van der Waals surface area contributed by atoms with Crippen LogP contribution in [0.5, 0.6) is 0 Å². The Kier molecular flexibility index (Phi) is 8.78. The van der Waals surface area contributed by atoms with Crippen molar-refractivity contribution < 1.29 is 9.18 Å². The fraction of sp³-hybridized carbons (Fsp3) is 0.333. The first kappa shape index (κ1) is 22.2. The lowest BCUT2D eigenvalue weighted by atomic mass is 10.0. The Morgan fingerprint density at radius 2 is 2.00 bits per heavy atom. The Morgan fingerprint density at radius 3 is 2.73 bits per heavy atom. The largest absolute Gasteiger partial charge is 0.337 e. The predicted molar refractivity (Wildman–Crippen MR) is 106 cm³/mol. The molecule has 1 aliphatic heterocycles. The van der Waals surface area contributed by atoms with E-state index in [2.05, 4.69) is 15.6 Å². The van der Waals surface area contributed by atoms with Crippen molar-refractivity contribution in [2.45, 2.75) is 18.9 Å². The number of benzene rings is 1. The normalized spacial score (nSPS) is 16.2. The molecule has 8 heteroatoms. The number of rotatable bonds is 4. The lowest BCUT2D eigenvalue weighted by molar-refractivity contribution is 0.0699. The second kappa shape index (κ2) is 10.3. The van der Waals surface area contributed by atoms with Gasteiger partial charge in [-0.15, -0.1) is 24.8 Å². The minimum absolute atomic E-state index is 0. The highest BCUT2D eigenvalue weighted by Gasteiger charge is 2.25. The molecule has 1 aromatic heterocycles. The molecule has 0 spiro atoms. The Bertz CT molecular complexity index is 732. The van der Waals surface area contributed by atoms with Crippen molar-refractivity contribution in [3.05, 3.63) is 54.0 Å². The number of likely N-dealkylation sites (N-methyl/N-ethyl adjacent to an activating group) is 1. The van der Waals surface area contributed by atoms with Gasteiger partial charge in [-0.25, -0.2) is 9.37 Å². The monoisotopic (exact) mass is 400 g/mol. The molecule has 2 aromatic rings. The summed E-state index contributed by atoms with van der Waals surface area (Å²) in [6, 6.07) is 10.1. The average Bonchev–Trinajstić information content (AvgIpc) is 2.63. The molecule has 142 valence electrons. The molecular formula is C18H23Cl2FN4O. The van der Waals surface area contributed by atoms with Crippen LogP contribution in [0.4, 0.5) is 15.9 Å². The van der Waals surface area contributed by atoms with Crippen LogP contribution in [-0.4, -0.2) is 42.0 Å². The zero-order chi connectivity index (χ0) is 16.9. The van der Waals surface area contributed by atoms with Crippen LogP contribution in [0, 0.1) is 5.82 Å². The van der Waals surface area contributed by atoms with E-state index >= 15 is 0 Å². The van der Waals surface area contributed by atoms with E-state index < -0.39 is 0 Å². The van der Waals surface area contributed by atoms with Crippen molar-refractivity contribution in [1.82, 2.24) is 15.2 Å².